The number of Topliss-reactive ketones (excluding diaryl/α,β-unsaturated/α-hetero) is 3. The first-order valence-corrected chi connectivity index (χ1v) is 48.4. The zero-order chi connectivity index (χ0) is 102. The number of aliphatic hydroxyl groups excluding tert-OH is 1. The summed E-state index contributed by atoms with van der Waals surface area (Å²) in [5.41, 5.74) is 22.9. The third-order valence-corrected chi connectivity index (χ3v) is 26.2. The molecule has 50 heteroatoms. The van der Waals surface area contributed by atoms with Crippen LogP contribution in [0.25, 0.3) is 0 Å². The number of esters is 2. The number of hydrazine groups is 1. The minimum Gasteiger partial charge on any atom is -0.508 e. The fourth-order valence-electron chi connectivity index (χ4n) is 15.0. The van der Waals surface area contributed by atoms with E-state index in [2.05, 4.69) is 73.3 Å². The number of ketones is 3. The highest BCUT2D eigenvalue weighted by molar-refractivity contribution is 8.76. The van der Waals surface area contributed by atoms with E-state index in [4.69, 9.17) is 31.4 Å². The number of anilines is 1. The van der Waals surface area contributed by atoms with Gasteiger partial charge in [-0.3, -0.25) is 108 Å². The number of guanidine groups is 1. The number of piperidine rings is 1. The molecule has 1 aromatic heterocycles. The maximum atomic E-state index is 15.1. The highest BCUT2D eigenvalue weighted by atomic mass is 33.1. The summed E-state index contributed by atoms with van der Waals surface area (Å²) < 4.78 is 16.8. The molecule has 4 heterocycles. The van der Waals surface area contributed by atoms with E-state index in [9.17, 15) is 117 Å². The molecular formula is C88H127N19O28S3. The van der Waals surface area contributed by atoms with E-state index in [0.717, 1.165) is 45.8 Å². The van der Waals surface area contributed by atoms with Crippen LogP contribution in [0.3, 0.4) is 0 Å². The number of aliphatic hydroxyl groups is 1. The van der Waals surface area contributed by atoms with Crippen LogP contribution in [0.5, 0.6) is 5.75 Å². The third-order valence-electron chi connectivity index (χ3n) is 22.8. The molecule has 0 spiro atoms. The molecule has 0 bridgehead atoms. The van der Waals surface area contributed by atoms with Gasteiger partial charge in [-0.15, -0.1) is 11.3 Å². The van der Waals surface area contributed by atoms with Crippen molar-refractivity contribution in [2.24, 2.45) is 67.7 Å². The van der Waals surface area contributed by atoms with Gasteiger partial charge in [0.25, 0.3) is 17.7 Å². The number of carboxylic acid groups (broad SMARTS) is 5. The molecule has 3 unspecified atom stereocenters. The summed E-state index contributed by atoms with van der Waals surface area (Å²) in [6.07, 6.45) is -8.35. The standard InChI is InChI=1S/C88H127N19O28S3/c1-9-14-71(119)134-44-107(83(127)72(46(5)10-2)101-80(125)63-16-11-12-28-106(63)8)64(45(3)4)39-67(135-48(7)108)82-100-62(43-136-82)79(124)96-55(32-49-17-23-57(109)24-18-49)31-47(6)75(120)104-105-88(132)133-29-30-137-138-42-53(84(128)129)35-66(112)61(38-70(117)118)99-78(123)52(37-69(115)116)34-65(111)59(15-13-27-92-86(89)90)97-77(122)51(36-68(113)114)33-58(110)25-26-60(85(130)131)98-76(121)50-19-21-54(22-20-50)93-40-56-41-94-74-73(95-56)81(126)103-87(91)102-74/h17-24,41,43,45-47,51-53,55,59-61,63-64,67,72-75,86,92-93,104,109,120H,9-16,25-40,42,44,89-90H2,1-8H3,(H,96,124)(H,97,122)(H,98,121)(H,99,123)(H,101,125)(H,105,132)(H,113,114)(H,115,116)(H,117,118)(H,128,129)(H,130,131)(H3,91,102,103,126)/t46-,47-,51+,52+,53+,55+,59+,60+,61+,63+,64+,67+,72?,73?,74?,75+/m0/s1. The van der Waals surface area contributed by atoms with Gasteiger partial charge in [-0.25, -0.2) is 25.0 Å². The van der Waals surface area contributed by atoms with Crippen LogP contribution in [-0.4, -0.2) is 294 Å². The maximum Gasteiger partial charge on any atom is 0.421 e. The van der Waals surface area contributed by atoms with Crippen LogP contribution in [0.15, 0.2) is 68.9 Å². The Balaban J connectivity index is 1.01. The minimum atomic E-state index is -2.02. The normalized spacial score (nSPS) is 17.5. The molecule has 8 amide bonds. The second-order valence-electron chi connectivity index (χ2n) is 34.1. The van der Waals surface area contributed by atoms with Gasteiger partial charge in [-0.1, -0.05) is 88.1 Å². The summed E-state index contributed by atoms with van der Waals surface area (Å²) in [4.78, 5) is 260. The molecule has 760 valence electrons. The fraction of sp³-hybridized carbons (Fsp3) is 0.591. The highest BCUT2D eigenvalue weighted by Crippen LogP contribution is 2.34. The van der Waals surface area contributed by atoms with E-state index >= 15 is 4.79 Å². The molecular weight excluding hydrogens is 1870 g/mol. The number of likely N-dealkylation sites (tertiary alicyclic amines) is 1. The van der Waals surface area contributed by atoms with Crippen molar-refractivity contribution in [3.8, 4) is 5.75 Å². The monoisotopic (exact) mass is 1990 g/mol. The number of amides is 8. The molecule has 0 saturated carbocycles. The number of carbonyl (C=O) groups excluding carboxylic acids is 13. The average molecular weight is 2000 g/mol. The lowest BCUT2D eigenvalue weighted by Crippen LogP contribution is -2.59. The largest absolute Gasteiger partial charge is 0.508 e. The van der Waals surface area contributed by atoms with Crippen LogP contribution in [0.4, 0.5) is 10.5 Å². The van der Waals surface area contributed by atoms with Gasteiger partial charge in [0.15, 0.2) is 42.6 Å². The van der Waals surface area contributed by atoms with Gasteiger partial charge < -0.3 is 104 Å². The Hall–Kier alpha value is -12.2. The molecule has 6 rings (SSSR count). The minimum absolute atomic E-state index is 0.000578. The van der Waals surface area contributed by atoms with Crippen molar-refractivity contribution in [1.29, 1.82) is 0 Å². The van der Waals surface area contributed by atoms with E-state index in [1.54, 1.807) is 26.0 Å². The molecule has 0 aliphatic carbocycles. The molecule has 1 fully saturated rings. The van der Waals surface area contributed by atoms with Crippen LogP contribution in [-0.2, 0) is 92.5 Å². The van der Waals surface area contributed by atoms with Crippen molar-refractivity contribution >= 4 is 163 Å². The number of aliphatic imine (C=N–C) groups is 3. The van der Waals surface area contributed by atoms with Crippen molar-refractivity contribution in [2.75, 3.05) is 56.8 Å². The summed E-state index contributed by atoms with van der Waals surface area (Å²) in [6.45, 7) is 12.0. The average Bonchev–Trinajstić information content (AvgIpc) is 1.36. The van der Waals surface area contributed by atoms with Crippen LogP contribution < -0.4 is 70.6 Å². The van der Waals surface area contributed by atoms with E-state index in [0.29, 0.717) is 42.8 Å². The van der Waals surface area contributed by atoms with Gasteiger partial charge >= 0.3 is 47.9 Å². The van der Waals surface area contributed by atoms with Crippen LogP contribution in [0.2, 0.25) is 0 Å². The summed E-state index contributed by atoms with van der Waals surface area (Å²) in [7, 11) is 3.74. The van der Waals surface area contributed by atoms with Gasteiger partial charge in [0.05, 0.1) is 67.4 Å². The Bertz CT molecular complexity index is 4810. The Labute approximate surface area is 807 Å². The number of phenols is 1. The number of aliphatic carboxylic acids is 5. The van der Waals surface area contributed by atoms with Gasteiger partial charge in [0, 0.05) is 91.9 Å². The number of carboxylic acids is 5. The van der Waals surface area contributed by atoms with Crippen molar-refractivity contribution in [3.63, 3.8) is 0 Å². The fourth-order valence-corrected chi connectivity index (χ4v) is 18.0. The lowest BCUT2D eigenvalue weighted by atomic mass is 9.90. The quantitative estimate of drug-likeness (QED) is 0.00957. The molecule has 47 nitrogen and oxygen atoms in total. The SMILES string of the molecule is CCCC(=O)OCN(C(=O)C(NC(=O)[C@H]1CCCCN1C)[C@@H](C)CC)[C@H](C[C@@H](OC(C)=O)c1nc(C(=O)N[C@@H](Cc2ccc(O)cc2)C[C@H](C)[C@@H](O)NNC(=O)OCCSSC[C@@H](CC(=O)[C@@H](CC(=O)O)NC(=O)[C@@H](CC(=O)O)CC(=O)[C@@H](CCCNC(N)N)NC(=O)[C@@H](CC(=O)O)CC(=O)CC[C@@H](NC(=O)c2ccc(NCC3=NC4C(=O)NC(N)=NC4N=C3)cc2)C(=O)O)C(=O)O)cs1)C(C)C. The van der Waals surface area contributed by atoms with Crippen molar-refractivity contribution in [2.45, 2.75) is 244 Å². The third kappa shape index (κ3) is 39.4. The highest BCUT2D eigenvalue weighted by Gasteiger charge is 2.43. The Kier molecular flexibility index (Phi) is 48.0. The number of aromatic nitrogens is 1. The predicted octanol–water partition coefficient (Wildman–Crippen LogP) is 1.83. The molecule has 3 aliphatic heterocycles. The molecule has 0 radical (unpaired) electrons. The molecule has 2 aromatic carbocycles. The Morgan fingerprint density at radius 2 is 1.36 bits per heavy atom. The topological polar surface area (TPSA) is 731 Å². The number of fused-ring (bicyclic) bond motifs is 1. The van der Waals surface area contributed by atoms with Crippen molar-refractivity contribution < 1.29 is 136 Å². The first-order chi connectivity index (χ1) is 65.3. The zero-order valence-corrected chi connectivity index (χ0v) is 80.3. The molecule has 138 heavy (non-hydrogen) atoms. The van der Waals surface area contributed by atoms with Crippen molar-refractivity contribution in [3.05, 3.63) is 75.7 Å². The van der Waals surface area contributed by atoms with Gasteiger partial charge in [0.2, 0.25) is 23.6 Å². The first-order valence-electron chi connectivity index (χ1n) is 45.0. The molecule has 1 saturated heterocycles. The number of hydrogen-bond acceptors (Lipinski definition) is 37. The van der Waals surface area contributed by atoms with E-state index < -0.39 is 256 Å². The van der Waals surface area contributed by atoms with E-state index in [1.165, 1.54) is 59.8 Å². The van der Waals surface area contributed by atoms with Crippen molar-refractivity contribution in [1.82, 2.24) is 62.9 Å². The number of thiazole rings is 1. The summed E-state index contributed by atoms with van der Waals surface area (Å²) >= 11 is 1.00. The van der Waals surface area contributed by atoms with Crippen LogP contribution in [0.1, 0.15) is 202 Å². The lowest BCUT2D eigenvalue weighted by Gasteiger charge is -2.39. The Morgan fingerprint density at radius 3 is 1.98 bits per heavy atom. The van der Waals surface area contributed by atoms with E-state index in [-0.39, 0.29) is 115 Å². The van der Waals surface area contributed by atoms with Crippen LogP contribution in [0, 0.1) is 35.5 Å². The lowest BCUT2D eigenvalue weighted by molar-refractivity contribution is -0.161. The van der Waals surface area contributed by atoms with Crippen LogP contribution >= 0.6 is 32.9 Å². The molecule has 23 N–H and O–H groups in total. The number of phenolic OH excluding ortho intramolecular Hbond substituents is 1. The maximum absolute atomic E-state index is 15.1. The number of nitrogens with two attached hydrogens (primary N) is 3. The number of nitrogens with one attached hydrogen (secondary N) is 10. The molecule has 16 atom stereocenters. The first kappa shape index (κ1) is 115. The zero-order valence-electron chi connectivity index (χ0n) is 77.9. The Morgan fingerprint density at radius 1 is 0.710 bits per heavy atom. The number of benzene rings is 2. The number of hydrogen-bond donors (Lipinski definition) is 20. The second-order valence-corrected chi connectivity index (χ2v) is 37.7. The number of carbonyl (C=O) groups is 18. The second kappa shape index (κ2) is 57.9. The number of rotatable bonds is 63. The molecule has 3 aliphatic rings. The van der Waals surface area contributed by atoms with Gasteiger partial charge in [-0.2, -0.15) is 0 Å². The number of ether oxygens (including phenoxy) is 3. The summed E-state index contributed by atoms with van der Waals surface area (Å²) in [5.74, 6) is -25.0. The van der Waals surface area contributed by atoms with Gasteiger partial charge in [-0.05, 0) is 131 Å². The summed E-state index contributed by atoms with van der Waals surface area (Å²) in [5, 5.41) is 93.9. The predicted molar refractivity (Wildman–Crippen MR) is 503 cm³/mol. The van der Waals surface area contributed by atoms with E-state index in [1.807, 2.05) is 39.6 Å². The number of nitrogens with zero attached hydrogens (tertiary/aromatic N) is 6. The summed E-state index contributed by atoms with van der Waals surface area (Å²) in [6, 6.07) is 2.46. The number of aromatic hydroxyl groups is 1. The smallest absolute Gasteiger partial charge is 0.421 e. The molecule has 3 aromatic rings. The number of likely N-dealkylation sites (N-methyl/N-ethyl adjacent to an activating group) is 1. The van der Waals surface area contributed by atoms with Gasteiger partial charge in [0.1, 0.15) is 53.4 Å².